The van der Waals surface area contributed by atoms with Crippen LogP contribution in [-0.4, -0.2) is 35.9 Å². The highest BCUT2D eigenvalue weighted by Gasteiger charge is 2.28. The summed E-state index contributed by atoms with van der Waals surface area (Å²) in [5.41, 5.74) is -1.42. The minimum absolute atomic E-state index is 0.00273. The molecule has 4 nitrogen and oxygen atoms in total. The van der Waals surface area contributed by atoms with Crippen LogP contribution in [0.3, 0.4) is 0 Å². The second-order valence-corrected chi connectivity index (χ2v) is 4.37. The van der Waals surface area contributed by atoms with E-state index in [2.05, 4.69) is 4.99 Å². The number of hydrogen-bond acceptors (Lipinski definition) is 4. The fourth-order valence-corrected chi connectivity index (χ4v) is 0.988. The maximum Gasteiger partial charge on any atom is 0.344 e. The van der Waals surface area contributed by atoms with Gasteiger partial charge in [-0.25, -0.2) is 13.6 Å². The lowest BCUT2D eigenvalue weighted by atomic mass is 10.1. The molecule has 0 aromatic carbocycles. The van der Waals surface area contributed by atoms with Gasteiger partial charge in [-0.1, -0.05) is 0 Å². The third kappa shape index (κ3) is 4.93. The second kappa shape index (κ2) is 5.75. The Morgan fingerprint density at radius 2 is 1.82 bits per heavy atom. The van der Waals surface area contributed by atoms with Crippen molar-refractivity contribution in [3.05, 3.63) is 11.3 Å². The smallest absolute Gasteiger partial charge is 0.344 e. The van der Waals surface area contributed by atoms with Crippen LogP contribution in [0, 0.1) is 0 Å². The van der Waals surface area contributed by atoms with Gasteiger partial charge in [-0.15, -0.1) is 0 Å². The van der Waals surface area contributed by atoms with Gasteiger partial charge in [0.05, 0.1) is 0 Å². The van der Waals surface area contributed by atoms with Crippen molar-refractivity contribution in [1.29, 1.82) is 0 Å². The molecule has 0 unspecified atom stereocenters. The number of halogens is 2. The monoisotopic (exact) mass is 249 g/mol. The molecule has 0 amide bonds. The van der Waals surface area contributed by atoms with Crippen LogP contribution in [0.15, 0.2) is 16.3 Å². The summed E-state index contributed by atoms with van der Waals surface area (Å²) >= 11 is 0. The van der Waals surface area contributed by atoms with Crippen LogP contribution in [0.4, 0.5) is 8.78 Å². The van der Waals surface area contributed by atoms with Crippen molar-refractivity contribution >= 4 is 11.7 Å². The Bertz CT molecular complexity index is 354. The Hall–Kier alpha value is -1.46. The summed E-state index contributed by atoms with van der Waals surface area (Å²) < 4.78 is 29.7. The molecule has 0 saturated carbocycles. The molecule has 0 aliphatic carbocycles. The van der Waals surface area contributed by atoms with Crippen molar-refractivity contribution in [3.8, 4) is 0 Å². The average molecular weight is 249 g/mol. The molecule has 6 heteroatoms. The van der Waals surface area contributed by atoms with E-state index < -0.39 is 29.3 Å². The number of carbonyl (C=O) groups is 1. The van der Waals surface area contributed by atoms with Crippen LogP contribution in [0.2, 0.25) is 0 Å². The Kier molecular flexibility index (Phi) is 5.25. The molecule has 0 radical (unpaired) electrons. The molecule has 0 saturated heterocycles. The molecule has 98 valence electrons. The van der Waals surface area contributed by atoms with Gasteiger partial charge in [0.2, 0.25) is 0 Å². The fraction of sp³-hybridized carbons (Fsp3) is 0.636. The van der Waals surface area contributed by atoms with Crippen molar-refractivity contribution < 1.29 is 23.4 Å². The van der Waals surface area contributed by atoms with Crippen molar-refractivity contribution in [2.75, 3.05) is 7.05 Å². The summed E-state index contributed by atoms with van der Waals surface area (Å²) in [5, 5.41) is 9.20. The standard InChI is InChI=1S/C11H17F2NO3/c1-6(14-5)7(8(15)9(12)13)10(16)17-11(2,3)4/h9,15H,1-5H3/b8-7+,14-6?. The minimum Gasteiger partial charge on any atom is -0.506 e. The maximum atomic E-state index is 12.4. The number of alkyl halides is 2. The van der Waals surface area contributed by atoms with Gasteiger partial charge in [-0.2, -0.15) is 0 Å². The molecule has 17 heavy (non-hydrogen) atoms. The van der Waals surface area contributed by atoms with Crippen molar-refractivity contribution in [1.82, 2.24) is 0 Å². The van der Waals surface area contributed by atoms with E-state index in [1.165, 1.54) is 14.0 Å². The normalized spacial score (nSPS) is 14.7. The van der Waals surface area contributed by atoms with Gasteiger partial charge in [0.1, 0.15) is 11.2 Å². The number of nitrogens with zero attached hydrogens (tertiary/aromatic N) is 1. The summed E-state index contributed by atoms with van der Waals surface area (Å²) in [6.07, 6.45) is -3.14. The second-order valence-electron chi connectivity index (χ2n) is 4.37. The first-order valence-corrected chi connectivity index (χ1v) is 4.98. The molecule has 0 rings (SSSR count). The zero-order valence-electron chi connectivity index (χ0n) is 10.5. The predicted molar refractivity (Wildman–Crippen MR) is 60.5 cm³/mol. The number of aliphatic imine (C=N–C) groups is 1. The molecule has 0 bridgehead atoms. The number of aliphatic hydroxyl groups is 1. The molecule has 0 aromatic rings. The van der Waals surface area contributed by atoms with Crippen LogP contribution in [0.1, 0.15) is 27.7 Å². The Balaban J connectivity index is 5.38. The number of ether oxygens (including phenoxy) is 1. The lowest BCUT2D eigenvalue weighted by Gasteiger charge is -2.21. The zero-order chi connectivity index (χ0) is 13.8. The molecular formula is C11H17F2NO3. The Labute approximate surface area is 99.0 Å². The molecule has 0 atom stereocenters. The van der Waals surface area contributed by atoms with E-state index in [1.807, 2.05) is 0 Å². The molecule has 1 N–H and O–H groups in total. The van der Waals surface area contributed by atoms with Gasteiger partial charge in [0.15, 0.2) is 5.76 Å². The van der Waals surface area contributed by atoms with E-state index in [4.69, 9.17) is 4.74 Å². The number of rotatable bonds is 3. The minimum atomic E-state index is -3.14. The molecular weight excluding hydrogens is 232 g/mol. The van der Waals surface area contributed by atoms with Gasteiger partial charge in [-0.3, -0.25) is 4.99 Å². The first-order chi connectivity index (χ1) is 7.60. The summed E-state index contributed by atoms with van der Waals surface area (Å²) in [6, 6.07) is 0. The SMILES string of the molecule is CN=C(C)/C(C(=O)OC(C)(C)C)=C(\O)C(F)F. The molecule has 0 heterocycles. The highest BCUT2D eigenvalue weighted by molar-refractivity contribution is 6.19. The van der Waals surface area contributed by atoms with Crippen LogP contribution >= 0.6 is 0 Å². The van der Waals surface area contributed by atoms with Gasteiger partial charge in [0, 0.05) is 12.8 Å². The molecule has 0 aromatic heterocycles. The van der Waals surface area contributed by atoms with Crippen molar-refractivity contribution in [2.24, 2.45) is 4.99 Å². The van der Waals surface area contributed by atoms with E-state index in [1.54, 1.807) is 20.8 Å². The lowest BCUT2D eigenvalue weighted by molar-refractivity contribution is -0.149. The number of carbonyl (C=O) groups excluding carboxylic acids is 1. The largest absolute Gasteiger partial charge is 0.506 e. The highest BCUT2D eigenvalue weighted by atomic mass is 19.3. The average Bonchev–Trinajstić information content (AvgIpc) is 2.14. The third-order valence-electron chi connectivity index (χ3n) is 1.76. The van der Waals surface area contributed by atoms with E-state index in [9.17, 15) is 18.7 Å². The summed E-state index contributed by atoms with van der Waals surface area (Å²) in [5.74, 6) is -2.33. The zero-order valence-corrected chi connectivity index (χ0v) is 10.5. The van der Waals surface area contributed by atoms with E-state index in [-0.39, 0.29) is 5.71 Å². The summed E-state index contributed by atoms with van der Waals surface area (Å²) in [6.45, 7) is 6.14. The molecule has 0 fully saturated rings. The number of aliphatic hydroxyl groups excluding tert-OH is 1. The fourth-order valence-electron chi connectivity index (χ4n) is 0.988. The Morgan fingerprint density at radius 1 is 1.35 bits per heavy atom. The lowest BCUT2D eigenvalue weighted by Crippen LogP contribution is -2.28. The molecule has 0 aliphatic rings. The van der Waals surface area contributed by atoms with Gasteiger partial charge >= 0.3 is 5.97 Å². The molecule has 0 aliphatic heterocycles. The number of esters is 1. The van der Waals surface area contributed by atoms with E-state index >= 15 is 0 Å². The third-order valence-corrected chi connectivity index (χ3v) is 1.76. The predicted octanol–water partition coefficient (Wildman–Crippen LogP) is 2.50. The quantitative estimate of drug-likeness (QED) is 0.362. The van der Waals surface area contributed by atoms with Crippen LogP contribution in [-0.2, 0) is 9.53 Å². The molecule has 0 spiro atoms. The number of hydrogen-bond donors (Lipinski definition) is 1. The number of allylic oxidation sites excluding steroid dienone is 1. The topological polar surface area (TPSA) is 58.9 Å². The Morgan fingerprint density at radius 3 is 2.12 bits per heavy atom. The first kappa shape index (κ1) is 15.5. The van der Waals surface area contributed by atoms with Crippen LogP contribution < -0.4 is 0 Å². The summed E-state index contributed by atoms with van der Waals surface area (Å²) in [4.78, 5) is 15.3. The van der Waals surface area contributed by atoms with Gasteiger partial charge < -0.3 is 9.84 Å². The van der Waals surface area contributed by atoms with Crippen LogP contribution in [0.25, 0.3) is 0 Å². The van der Waals surface area contributed by atoms with Crippen molar-refractivity contribution in [2.45, 2.75) is 39.7 Å². The highest BCUT2D eigenvalue weighted by Crippen LogP contribution is 2.18. The van der Waals surface area contributed by atoms with Crippen LogP contribution in [0.5, 0.6) is 0 Å². The van der Waals surface area contributed by atoms with E-state index in [0.29, 0.717) is 0 Å². The maximum absolute atomic E-state index is 12.4. The first-order valence-electron chi connectivity index (χ1n) is 4.98. The summed E-state index contributed by atoms with van der Waals surface area (Å²) in [7, 11) is 1.33. The van der Waals surface area contributed by atoms with E-state index in [0.717, 1.165) is 0 Å². The van der Waals surface area contributed by atoms with Gasteiger partial charge in [-0.05, 0) is 27.7 Å². The van der Waals surface area contributed by atoms with Crippen molar-refractivity contribution in [3.63, 3.8) is 0 Å². The van der Waals surface area contributed by atoms with Gasteiger partial charge in [0.25, 0.3) is 6.43 Å².